The molecular formula is C11H13N5O3. The van der Waals surface area contributed by atoms with Crippen molar-refractivity contribution < 1.29 is 9.72 Å². The van der Waals surface area contributed by atoms with Crippen molar-refractivity contribution in [2.24, 2.45) is 11.8 Å². The van der Waals surface area contributed by atoms with Crippen LogP contribution in [0.25, 0.3) is 10.9 Å². The Kier molecular flexibility index (Phi) is 3.43. The van der Waals surface area contributed by atoms with Crippen LogP contribution in [0, 0.1) is 16.0 Å². The Bertz CT molecular complexity index is 636. The predicted molar refractivity (Wildman–Crippen MR) is 67.9 cm³/mol. The molecular weight excluding hydrogens is 250 g/mol. The summed E-state index contributed by atoms with van der Waals surface area (Å²) >= 11 is 0. The summed E-state index contributed by atoms with van der Waals surface area (Å²) in [6, 6.07) is 4.49. The highest BCUT2D eigenvalue weighted by Crippen LogP contribution is 2.21. The number of nitrogens with zero attached hydrogens (tertiary/aromatic N) is 3. The van der Waals surface area contributed by atoms with E-state index < -0.39 is 4.92 Å². The van der Waals surface area contributed by atoms with E-state index in [9.17, 15) is 14.9 Å². The highest BCUT2D eigenvalue weighted by atomic mass is 16.6. The molecule has 2 aromatic rings. The summed E-state index contributed by atoms with van der Waals surface area (Å²) in [4.78, 5) is 21.6. The third-order valence-corrected chi connectivity index (χ3v) is 2.88. The maximum absolute atomic E-state index is 11.4. The van der Waals surface area contributed by atoms with E-state index >= 15 is 0 Å². The van der Waals surface area contributed by atoms with Gasteiger partial charge in [0, 0.05) is 17.5 Å². The van der Waals surface area contributed by atoms with Crippen molar-refractivity contribution in [1.29, 1.82) is 0 Å². The molecule has 19 heavy (non-hydrogen) atoms. The highest BCUT2D eigenvalue weighted by molar-refractivity contribution is 5.81. The Labute approximate surface area is 108 Å². The summed E-state index contributed by atoms with van der Waals surface area (Å²) in [7, 11) is 0. The molecule has 0 fully saturated rings. The van der Waals surface area contributed by atoms with E-state index in [-0.39, 0.29) is 17.5 Å². The molecule has 1 heterocycles. The predicted octanol–water partition coefficient (Wildman–Crippen LogP) is 0.571. The summed E-state index contributed by atoms with van der Waals surface area (Å²) in [5, 5.41) is 15.7. The maximum Gasteiger partial charge on any atom is 0.271 e. The van der Waals surface area contributed by atoms with E-state index in [1.807, 2.05) is 0 Å². The van der Waals surface area contributed by atoms with Crippen LogP contribution in [-0.2, 0) is 11.3 Å². The van der Waals surface area contributed by atoms with Crippen LogP contribution in [0.2, 0.25) is 0 Å². The largest absolute Gasteiger partial charge is 0.294 e. The van der Waals surface area contributed by atoms with Gasteiger partial charge in [-0.2, -0.15) is 5.10 Å². The Hall–Kier alpha value is -2.48. The monoisotopic (exact) mass is 263 g/mol. The molecule has 0 bridgehead atoms. The molecule has 0 aliphatic rings. The zero-order chi connectivity index (χ0) is 14.0. The molecule has 1 unspecified atom stereocenters. The van der Waals surface area contributed by atoms with Crippen LogP contribution < -0.4 is 11.3 Å². The number of nitro benzene ring substituents is 1. The van der Waals surface area contributed by atoms with Gasteiger partial charge in [0.25, 0.3) is 5.69 Å². The first-order valence-electron chi connectivity index (χ1n) is 5.63. The lowest BCUT2D eigenvalue weighted by Crippen LogP contribution is -2.36. The number of hydrazine groups is 1. The topological polar surface area (TPSA) is 116 Å². The number of carbonyl (C=O) groups excluding carboxylic acids is 1. The fourth-order valence-electron chi connectivity index (χ4n) is 1.80. The summed E-state index contributed by atoms with van der Waals surface area (Å²) in [5.41, 5.74) is 2.67. The minimum Gasteiger partial charge on any atom is -0.294 e. The molecule has 0 saturated heterocycles. The van der Waals surface area contributed by atoms with Gasteiger partial charge in [0.15, 0.2) is 0 Å². The lowest BCUT2D eigenvalue weighted by atomic mass is 10.1. The molecule has 100 valence electrons. The lowest BCUT2D eigenvalue weighted by molar-refractivity contribution is -0.384. The Balaban J connectivity index is 2.35. The summed E-state index contributed by atoms with van der Waals surface area (Å²) < 4.78 is 1.56. The lowest BCUT2D eigenvalue weighted by Gasteiger charge is -2.10. The van der Waals surface area contributed by atoms with Crippen LogP contribution >= 0.6 is 0 Å². The molecule has 0 aliphatic heterocycles. The fraction of sp³-hybridized carbons (Fsp3) is 0.273. The van der Waals surface area contributed by atoms with E-state index in [1.165, 1.54) is 12.1 Å². The molecule has 1 aromatic heterocycles. The average Bonchev–Trinajstić information content (AvgIpc) is 2.80. The molecule has 0 saturated carbocycles. The van der Waals surface area contributed by atoms with Crippen LogP contribution in [-0.4, -0.2) is 20.6 Å². The first-order valence-corrected chi connectivity index (χ1v) is 5.63. The number of amides is 1. The van der Waals surface area contributed by atoms with Crippen molar-refractivity contribution in [3.63, 3.8) is 0 Å². The smallest absolute Gasteiger partial charge is 0.271 e. The number of non-ortho nitro benzene ring substituents is 1. The van der Waals surface area contributed by atoms with Crippen LogP contribution in [0.3, 0.4) is 0 Å². The normalized spacial score (nSPS) is 12.3. The number of nitro groups is 1. The van der Waals surface area contributed by atoms with Crippen LogP contribution in [0.1, 0.15) is 6.92 Å². The van der Waals surface area contributed by atoms with Crippen molar-refractivity contribution in [2.75, 3.05) is 0 Å². The zero-order valence-electron chi connectivity index (χ0n) is 10.2. The van der Waals surface area contributed by atoms with Crippen LogP contribution in [0.4, 0.5) is 5.69 Å². The van der Waals surface area contributed by atoms with E-state index in [0.29, 0.717) is 12.1 Å². The van der Waals surface area contributed by atoms with Gasteiger partial charge in [-0.3, -0.25) is 25.0 Å². The minimum absolute atomic E-state index is 0.00909. The van der Waals surface area contributed by atoms with Crippen LogP contribution in [0.5, 0.6) is 0 Å². The average molecular weight is 263 g/mol. The van der Waals surface area contributed by atoms with Gasteiger partial charge in [-0.05, 0) is 6.07 Å². The maximum atomic E-state index is 11.4. The van der Waals surface area contributed by atoms with Gasteiger partial charge in [0.2, 0.25) is 5.91 Å². The van der Waals surface area contributed by atoms with Gasteiger partial charge in [0.1, 0.15) is 0 Å². The first-order chi connectivity index (χ1) is 9.02. The van der Waals surface area contributed by atoms with Gasteiger partial charge in [-0.15, -0.1) is 0 Å². The molecule has 2 rings (SSSR count). The zero-order valence-corrected chi connectivity index (χ0v) is 10.2. The van der Waals surface area contributed by atoms with E-state index in [0.717, 1.165) is 5.39 Å². The van der Waals surface area contributed by atoms with Crippen molar-refractivity contribution in [3.8, 4) is 0 Å². The number of carbonyl (C=O) groups is 1. The second-order valence-corrected chi connectivity index (χ2v) is 4.24. The van der Waals surface area contributed by atoms with Crippen LogP contribution in [0.15, 0.2) is 24.4 Å². The third-order valence-electron chi connectivity index (χ3n) is 2.88. The Morgan fingerprint density at radius 1 is 1.63 bits per heavy atom. The second-order valence-electron chi connectivity index (χ2n) is 4.24. The number of benzene rings is 1. The van der Waals surface area contributed by atoms with Crippen molar-refractivity contribution in [2.45, 2.75) is 13.5 Å². The van der Waals surface area contributed by atoms with Gasteiger partial charge in [0.05, 0.1) is 29.1 Å². The number of nitrogens with one attached hydrogen (secondary N) is 1. The third kappa shape index (κ3) is 2.52. The number of aromatic nitrogens is 2. The first kappa shape index (κ1) is 13.0. The van der Waals surface area contributed by atoms with Gasteiger partial charge in [-0.1, -0.05) is 6.92 Å². The molecule has 3 N–H and O–H groups in total. The van der Waals surface area contributed by atoms with E-state index in [2.05, 4.69) is 10.5 Å². The van der Waals surface area contributed by atoms with E-state index in [4.69, 9.17) is 5.84 Å². The molecule has 8 nitrogen and oxygen atoms in total. The van der Waals surface area contributed by atoms with Gasteiger partial charge >= 0.3 is 0 Å². The van der Waals surface area contributed by atoms with E-state index in [1.54, 1.807) is 23.9 Å². The molecule has 1 aromatic carbocycles. The van der Waals surface area contributed by atoms with Gasteiger partial charge in [-0.25, -0.2) is 5.84 Å². The molecule has 1 atom stereocenters. The number of hydrogen-bond donors (Lipinski definition) is 2. The Morgan fingerprint density at radius 3 is 3.00 bits per heavy atom. The standard InChI is InChI=1S/C11H13N5O3/c1-7(11(17)14-12)6-15-10-4-9(16(18)19)3-2-8(10)5-13-15/h2-5,7H,6,12H2,1H3,(H,14,17). The fourth-order valence-corrected chi connectivity index (χ4v) is 1.80. The number of nitrogens with two attached hydrogens (primary N) is 1. The minimum atomic E-state index is -0.465. The molecule has 0 aliphatic carbocycles. The number of rotatable bonds is 4. The second kappa shape index (κ2) is 5.02. The summed E-state index contributed by atoms with van der Waals surface area (Å²) in [5.74, 6) is 4.37. The molecule has 0 spiro atoms. The molecule has 1 amide bonds. The number of hydrogen-bond acceptors (Lipinski definition) is 5. The molecule has 8 heteroatoms. The van der Waals surface area contributed by atoms with Crippen molar-refractivity contribution in [1.82, 2.24) is 15.2 Å². The quantitative estimate of drug-likeness (QED) is 0.362. The summed E-state index contributed by atoms with van der Waals surface area (Å²) in [6.07, 6.45) is 1.60. The van der Waals surface area contributed by atoms with Crippen molar-refractivity contribution in [3.05, 3.63) is 34.5 Å². The van der Waals surface area contributed by atoms with Gasteiger partial charge < -0.3 is 0 Å². The molecule has 0 radical (unpaired) electrons. The summed E-state index contributed by atoms with van der Waals surface area (Å²) in [6.45, 7) is 2.00. The highest BCUT2D eigenvalue weighted by Gasteiger charge is 2.15. The van der Waals surface area contributed by atoms with Crippen molar-refractivity contribution >= 4 is 22.5 Å². The SMILES string of the molecule is CC(Cn1ncc2ccc([N+](=O)[O-])cc21)C(=O)NN. The Morgan fingerprint density at radius 2 is 2.37 bits per heavy atom. The number of fused-ring (bicyclic) bond motifs is 1.